The first-order valence-electron chi connectivity index (χ1n) is 9.87. The smallest absolute Gasteiger partial charge is 0.444 e. The first-order valence-corrected chi connectivity index (χ1v) is 11.3. The van der Waals surface area contributed by atoms with Crippen molar-refractivity contribution in [2.24, 2.45) is 0 Å². The van der Waals surface area contributed by atoms with Gasteiger partial charge in [0.1, 0.15) is 11.4 Å². The number of aromatic nitrogens is 1. The zero-order valence-electron chi connectivity index (χ0n) is 17.8. The van der Waals surface area contributed by atoms with Crippen molar-refractivity contribution in [3.63, 3.8) is 0 Å². The number of rotatable bonds is 3. The van der Waals surface area contributed by atoms with Gasteiger partial charge in [0.2, 0.25) is 0 Å². The summed E-state index contributed by atoms with van der Waals surface area (Å²) >= 11 is 0. The minimum absolute atomic E-state index is 0.301. The fourth-order valence-corrected chi connectivity index (χ4v) is 3.63. The van der Waals surface area contributed by atoms with Gasteiger partial charge in [-0.3, -0.25) is 4.98 Å². The highest BCUT2D eigenvalue weighted by Crippen LogP contribution is 2.29. The van der Waals surface area contributed by atoms with Gasteiger partial charge in [-0.25, -0.2) is 4.79 Å². The molecule has 1 saturated heterocycles. The molecule has 1 aliphatic heterocycles. The van der Waals surface area contributed by atoms with Crippen molar-refractivity contribution in [1.82, 2.24) is 15.2 Å². The number of nitrogens with zero attached hydrogens (tertiary/aromatic N) is 2. The lowest BCUT2D eigenvalue weighted by Gasteiger charge is -2.28. The molecule has 1 amide bonds. The van der Waals surface area contributed by atoms with Crippen LogP contribution in [0.3, 0.4) is 0 Å². The van der Waals surface area contributed by atoms with E-state index in [1.807, 2.05) is 0 Å². The number of ether oxygens (including phenoxy) is 1. The molecule has 1 aromatic carbocycles. The molecule has 0 saturated carbocycles. The summed E-state index contributed by atoms with van der Waals surface area (Å²) in [5.74, 6) is -0.474. The van der Waals surface area contributed by atoms with Crippen LogP contribution in [-0.2, 0) is 14.9 Å². The Balaban J connectivity index is 1.85. The van der Waals surface area contributed by atoms with E-state index in [4.69, 9.17) is 4.74 Å². The van der Waals surface area contributed by atoms with Crippen LogP contribution >= 0.6 is 0 Å². The number of carbonyl (C=O) groups is 1. The van der Waals surface area contributed by atoms with Crippen LogP contribution in [0.5, 0.6) is 5.75 Å². The van der Waals surface area contributed by atoms with Gasteiger partial charge in [-0.1, -0.05) is 0 Å². The average Bonchev–Trinajstić information content (AvgIpc) is 2.91. The minimum Gasteiger partial charge on any atom is -0.444 e. The summed E-state index contributed by atoms with van der Waals surface area (Å²) in [6.07, 6.45) is 1.88. The molecule has 2 heterocycles. The highest BCUT2D eigenvalue weighted by atomic mass is 32.2. The van der Waals surface area contributed by atoms with Crippen LogP contribution in [0.1, 0.15) is 38.8 Å². The number of hydrogen-bond donors (Lipinski definition) is 1. The van der Waals surface area contributed by atoms with E-state index in [-0.39, 0.29) is 6.04 Å². The van der Waals surface area contributed by atoms with Crippen molar-refractivity contribution in [1.29, 1.82) is 0 Å². The number of carbonyl (C=O) groups excluding carboxylic acids is 1. The van der Waals surface area contributed by atoms with Crippen molar-refractivity contribution in [3.05, 3.63) is 36.0 Å². The molecule has 1 aliphatic rings. The van der Waals surface area contributed by atoms with Gasteiger partial charge in [0, 0.05) is 24.7 Å². The van der Waals surface area contributed by atoms with E-state index >= 15 is 0 Å². The maximum Gasteiger partial charge on any atom is 0.534 e. The number of fused-ring (bicyclic) bond motifs is 1. The van der Waals surface area contributed by atoms with Gasteiger partial charge < -0.3 is 19.1 Å². The Morgan fingerprint density at radius 1 is 1.22 bits per heavy atom. The standard InChI is InChI=1S/C20H24F3N3O5S/c1-19(2,3)30-18(27)26-8-4-7-24-17(12-26)14-9-13-10-15(5-6-16(13)25-11-14)31-32(28,29)20(21,22)23/h5-6,9-11,17,24H,4,7-8,12H2,1-3H3. The van der Waals surface area contributed by atoms with Gasteiger partial charge in [-0.2, -0.15) is 21.6 Å². The molecule has 1 atom stereocenters. The molecule has 0 bridgehead atoms. The molecule has 0 radical (unpaired) electrons. The number of halogens is 3. The van der Waals surface area contributed by atoms with Gasteiger partial charge in [-0.15, -0.1) is 0 Å². The van der Waals surface area contributed by atoms with E-state index in [9.17, 15) is 26.4 Å². The minimum atomic E-state index is -5.78. The maximum atomic E-state index is 12.6. The summed E-state index contributed by atoms with van der Waals surface area (Å²) in [4.78, 5) is 18.4. The monoisotopic (exact) mass is 475 g/mol. The highest BCUT2D eigenvalue weighted by molar-refractivity contribution is 7.88. The molecule has 1 unspecified atom stereocenters. The lowest BCUT2D eigenvalue weighted by Crippen LogP contribution is -2.39. The SMILES string of the molecule is CC(C)(C)OC(=O)N1CCCNC(c2cnc3ccc(OS(=O)(=O)C(F)(F)F)cc3c2)C1. The van der Waals surface area contributed by atoms with E-state index in [0.29, 0.717) is 42.5 Å². The molecule has 32 heavy (non-hydrogen) atoms. The molecule has 1 fully saturated rings. The van der Waals surface area contributed by atoms with Crippen molar-refractivity contribution < 1.29 is 35.3 Å². The molecule has 8 nitrogen and oxygen atoms in total. The van der Waals surface area contributed by atoms with Gasteiger partial charge in [-0.05, 0) is 63.6 Å². The quantitative estimate of drug-likeness (QED) is 0.534. The number of alkyl halides is 3. The normalized spacial score (nSPS) is 18.3. The summed E-state index contributed by atoms with van der Waals surface area (Å²) in [6, 6.07) is 5.02. The predicted octanol–water partition coefficient (Wildman–Crippen LogP) is 3.73. The second-order valence-corrected chi connectivity index (χ2v) is 9.93. The summed E-state index contributed by atoms with van der Waals surface area (Å²) in [5, 5.41) is 3.71. The predicted molar refractivity (Wildman–Crippen MR) is 111 cm³/mol. The largest absolute Gasteiger partial charge is 0.534 e. The van der Waals surface area contributed by atoms with Gasteiger partial charge in [0.05, 0.1) is 11.6 Å². The highest BCUT2D eigenvalue weighted by Gasteiger charge is 2.48. The van der Waals surface area contributed by atoms with Crippen molar-refractivity contribution >= 4 is 27.1 Å². The Morgan fingerprint density at radius 3 is 2.59 bits per heavy atom. The zero-order chi connectivity index (χ0) is 23.7. The van der Waals surface area contributed by atoms with E-state index in [1.165, 1.54) is 12.1 Å². The summed E-state index contributed by atoms with van der Waals surface area (Å²) in [5.41, 5.74) is -5.03. The molecular weight excluding hydrogens is 451 g/mol. The third kappa shape index (κ3) is 5.80. The van der Waals surface area contributed by atoms with Crippen molar-refractivity contribution in [3.8, 4) is 5.75 Å². The summed E-state index contributed by atoms with van der Waals surface area (Å²) in [6.45, 7) is 6.79. The van der Waals surface area contributed by atoms with Crippen LogP contribution in [0.4, 0.5) is 18.0 Å². The van der Waals surface area contributed by atoms with Crippen LogP contribution in [0.15, 0.2) is 30.5 Å². The topological polar surface area (TPSA) is 97.8 Å². The van der Waals surface area contributed by atoms with Crippen LogP contribution in [0, 0.1) is 0 Å². The molecule has 1 N–H and O–H groups in total. The Bertz CT molecular complexity index is 1100. The second-order valence-electron chi connectivity index (χ2n) is 8.39. The number of hydrogen-bond acceptors (Lipinski definition) is 7. The maximum absolute atomic E-state index is 12.6. The Labute approximate surface area is 183 Å². The third-order valence-electron chi connectivity index (χ3n) is 4.62. The van der Waals surface area contributed by atoms with Gasteiger partial charge in [0.25, 0.3) is 0 Å². The molecule has 12 heteroatoms. The second kappa shape index (κ2) is 8.74. The molecule has 3 rings (SSSR count). The Kier molecular flexibility index (Phi) is 6.57. The van der Waals surface area contributed by atoms with E-state index in [0.717, 1.165) is 6.07 Å². The number of pyridine rings is 1. The number of nitrogens with one attached hydrogen (secondary N) is 1. The summed E-state index contributed by atoms with van der Waals surface area (Å²) < 4.78 is 70.1. The van der Waals surface area contributed by atoms with Crippen LogP contribution < -0.4 is 9.50 Å². The molecule has 0 spiro atoms. The third-order valence-corrected chi connectivity index (χ3v) is 5.59. The van der Waals surface area contributed by atoms with E-state index < -0.39 is 33.1 Å². The van der Waals surface area contributed by atoms with E-state index in [2.05, 4.69) is 14.5 Å². The van der Waals surface area contributed by atoms with Crippen LogP contribution in [0.2, 0.25) is 0 Å². The van der Waals surface area contributed by atoms with Crippen molar-refractivity contribution in [2.45, 2.75) is 44.3 Å². The molecule has 176 valence electrons. The Hall–Kier alpha value is -2.60. The van der Waals surface area contributed by atoms with Crippen LogP contribution in [-0.4, -0.2) is 55.1 Å². The lowest BCUT2D eigenvalue weighted by atomic mass is 10.1. The molecule has 1 aromatic heterocycles. The summed E-state index contributed by atoms with van der Waals surface area (Å²) in [7, 11) is -5.78. The molecular formula is C20H24F3N3O5S. The average molecular weight is 475 g/mol. The zero-order valence-corrected chi connectivity index (χ0v) is 18.6. The molecule has 2 aromatic rings. The number of benzene rings is 1. The van der Waals surface area contributed by atoms with Crippen molar-refractivity contribution in [2.75, 3.05) is 19.6 Å². The van der Waals surface area contributed by atoms with E-state index in [1.54, 1.807) is 37.9 Å². The van der Waals surface area contributed by atoms with Gasteiger partial charge in [0.15, 0.2) is 0 Å². The first kappa shape index (κ1) is 24.1. The fourth-order valence-electron chi connectivity index (χ4n) is 3.18. The number of amides is 1. The van der Waals surface area contributed by atoms with Gasteiger partial charge >= 0.3 is 21.7 Å². The lowest BCUT2D eigenvalue weighted by molar-refractivity contribution is -0.0500. The fraction of sp³-hybridized carbons (Fsp3) is 0.500. The first-order chi connectivity index (χ1) is 14.7. The van der Waals surface area contributed by atoms with Crippen LogP contribution in [0.25, 0.3) is 10.9 Å². The molecule has 0 aliphatic carbocycles. The Morgan fingerprint density at radius 2 is 1.94 bits per heavy atom.